The molecule has 0 aliphatic carbocycles. The highest BCUT2D eigenvalue weighted by Gasteiger charge is 2.19. The molecule has 0 aliphatic heterocycles. The van der Waals surface area contributed by atoms with Gasteiger partial charge in [-0.1, -0.05) is 35.8 Å². The van der Waals surface area contributed by atoms with Crippen LogP contribution in [-0.4, -0.2) is 10.6 Å². The van der Waals surface area contributed by atoms with Crippen molar-refractivity contribution in [1.29, 1.82) is 0 Å². The second-order valence-electron chi connectivity index (χ2n) is 4.30. The summed E-state index contributed by atoms with van der Waals surface area (Å²) in [5, 5.41) is 0. The summed E-state index contributed by atoms with van der Waals surface area (Å²) in [6.45, 7) is 5.63. The molecule has 0 radical (unpaired) electrons. The number of carbonyl (C=O) groups excluding carboxylic acids is 1. The molecule has 1 rings (SSSR count). The Kier molecular flexibility index (Phi) is 4.66. The summed E-state index contributed by atoms with van der Waals surface area (Å²) in [6, 6.07) is 4.67. The molecule has 1 atom stereocenters. The van der Waals surface area contributed by atoms with Gasteiger partial charge in [-0.15, -0.1) is 0 Å². The molecular weight excluding hydrogens is 271 g/mol. The standard InChI is InChI=1S/C13H16BrFO/c1-8(2)13(16)12(14)7-10-4-5-11(15)6-9(10)3/h4-6,8,12H,7H2,1-3H3. The number of Topliss-reactive ketones (excluding diaryl/α,β-unsaturated/α-hetero) is 1. The molecule has 0 aromatic heterocycles. The summed E-state index contributed by atoms with van der Waals surface area (Å²) in [7, 11) is 0. The van der Waals surface area contributed by atoms with Gasteiger partial charge in [0.15, 0.2) is 0 Å². The van der Waals surface area contributed by atoms with Crippen LogP contribution in [0.3, 0.4) is 0 Å². The quantitative estimate of drug-likeness (QED) is 0.772. The Hall–Kier alpha value is -0.700. The molecule has 1 aromatic rings. The number of aryl methyl sites for hydroxylation is 1. The summed E-state index contributed by atoms with van der Waals surface area (Å²) in [5.74, 6) is -0.0311. The highest BCUT2D eigenvalue weighted by molar-refractivity contribution is 9.10. The lowest BCUT2D eigenvalue weighted by atomic mass is 9.98. The average molecular weight is 287 g/mol. The Balaban J connectivity index is 2.77. The molecule has 1 nitrogen and oxygen atoms in total. The molecule has 1 unspecified atom stereocenters. The molecule has 0 saturated heterocycles. The van der Waals surface area contributed by atoms with E-state index in [-0.39, 0.29) is 22.3 Å². The van der Waals surface area contributed by atoms with E-state index in [4.69, 9.17) is 0 Å². The van der Waals surface area contributed by atoms with Crippen LogP contribution >= 0.6 is 15.9 Å². The van der Waals surface area contributed by atoms with E-state index in [0.29, 0.717) is 6.42 Å². The van der Waals surface area contributed by atoms with Gasteiger partial charge in [0.05, 0.1) is 4.83 Å². The summed E-state index contributed by atoms with van der Waals surface area (Å²) in [6.07, 6.45) is 0.614. The van der Waals surface area contributed by atoms with Gasteiger partial charge >= 0.3 is 0 Å². The van der Waals surface area contributed by atoms with Gasteiger partial charge in [0, 0.05) is 5.92 Å². The summed E-state index contributed by atoms with van der Waals surface area (Å²) in [4.78, 5) is 11.5. The second-order valence-corrected chi connectivity index (χ2v) is 5.40. The van der Waals surface area contributed by atoms with Gasteiger partial charge in [0.1, 0.15) is 11.6 Å². The van der Waals surface area contributed by atoms with Gasteiger partial charge in [0.2, 0.25) is 0 Å². The monoisotopic (exact) mass is 286 g/mol. The summed E-state index contributed by atoms with van der Waals surface area (Å²) < 4.78 is 12.9. The maximum Gasteiger partial charge on any atom is 0.149 e. The maximum absolute atomic E-state index is 12.9. The zero-order valence-corrected chi connectivity index (χ0v) is 11.3. The van der Waals surface area contributed by atoms with Crippen LogP contribution in [0.25, 0.3) is 0 Å². The Labute approximate surface area is 104 Å². The average Bonchev–Trinajstić information content (AvgIpc) is 2.20. The SMILES string of the molecule is Cc1cc(F)ccc1CC(Br)C(=O)C(C)C. The maximum atomic E-state index is 12.9. The van der Waals surface area contributed by atoms with Crippen molar-refractivity contribution in [3.63, 3.8) is 0 Å². The minimum absolute atomic E-state index is 0.0186. The lowest BCUT2D eigenvalue weighted by Crippen LogP contribution is -2.22. The van der Waals surface area contributed by atoms with E-state index in [1.807, 2.05) is 20.8 Å². The van der Waals surface area contributed by atoms with E-state index in [1.54, 1.807) is 6.07 Å². The van der Waals surface area contributed by atoms with Gasteiger partial charge in [-0.2, -0.15) is 0 Å². The van der Waals surface area contributed by atoms with Gasteiger partial charge in [0.25, 0.3) is 0 Å². The molecule has 0 bridgehead atoms. The largest absolute Gasteiger partial charge is 0.298 e. The first-order valence-corrected chi connectivity index (χ1v) is 6.26. The summed E-state index contributed by atoms with van der Waals surface area (Å²) >= 11 is 3.39. The van der Waals surface area contributed by atoms with Crippen LogP contribution in [-0.2, 0) is 11.2 Å². The van der Waals surface area contributed by atoms with Crippen molar-refractivity contribution < 1.29 is 9.18 Å². The molecule has 16 heavy (non-hydrogen) atoms. The molecule has 3 heteroatoms. The lowest BCUT2D eigenvalue weighted by molar-refractivity contribution is -0.121. The zero-order chi connectivity index (χ0) is 12.3. The van der Waals surface area contributed by atoms with Gasteiger partial charge in [-0.05, 0) is 36.6 Å². The van der Waals surface area contributed by atoms with Crippen LogP contribution in [0.5, 0.6) is 0 Å². The van der Waals surface area contributed by atoms with Crippen molar-refractivity contribution in [3.05, 3.63) is 35.1 Å². The molecule has 88 valence electrons. The van der Waals surface area contributed by atoms with Crippen LogP contribution in [0.4, 0.5) is 4.39 Å². The Bertz CT molecular complexity index is 388. The Morgan fingerprint density at radius 1 is 1.44 bits per heavy atom. The molecule has 0 amide bonds. The van der Waals surface area contributed by atoms with Gasteiger partial charge in [-0.3, -0.25) is 4.79 Å². The predicted octanol–water partition coefficient (Wildman–Crippen LogP) is 3.67. The molecule has 0 aliphatic rings. The molecular formula is C13H16BrFO. The second kappa shape index (κ2) is 5.58. The minimum Gasteiger partial charge on any atom is -0.298 e. The zero-order valence-electron chi connectivity index (χ0n) is 9.76. The smallest absolute Gasteiger partial charge is 0.149 e. The summed E-state index contributed by atoms with van der Waals surface area (Å²) in [5.41, 5.74) is 1.90. The van der Waals surface area contributed by atoms with Crippen molar-refractivity contribution >= 4 is 21.7 Å². The fourth-order valence-corrected chi connectivity index (χ4v) is 2.42. The Morgan fingerprint density at radius 2 is 2.06 bits per heavy atom. The highest BCUT2D eigenvalue weighted by atomic mass is 79.9. The number of hydrogen-bond donors (Lipinski definition) is 0. The van der Waals surface area contributed by atoms with E-state index < -0.39 is 0 Å². The first-order valence-electron chi connectivity index (χ1n) is 5.34. The molecule has 1 aromatic carbocycles. The fraction of sp³-hybridized carbons (Fsp3) is 0.462. The highest BCUT2D eigenvalue weighted by Crippen LogP contribution is 2.18. The van der Waals surface area contributed by atoms with E-state index in [9.17, 15) is 9.18 Å². The first-order chi connectivity index (χ1) is 7.41. The van der Waals surface area contributed by atoms with Gasteiger partial charge in [-0.25, -0.2) is 4.39 Å². The number of halogens is 2. The van der Waals surface area contributed by atoms with Crippen molar-refractivity contribution in [2.75, 3.05) is 0 Å². The normalized spacial score (nSPS) is 12.9. The van der Waals surface area contributed by atoms with Crippen LogP contribution < -0.4 is 0 Å². The van der Waals surface area contributed by atoms with Crippen LogP contribution in [0.15, 0.2) is 18.2 Å². The number of rotatable bonds is 4. The van der Waals surface area contributed by atoms with Crippen molar-refractivity contribution in [2.45, 2.75) is 32.0 Å². The topological polar surface area (TPSA) is 17.1 Å². The molecule has 0 fully saturated rings. The van der Waals surface area contributed by atoms with E-state index in [1.165, 1.54) is 12.1 Å². The molecule has 0 heterocycles. The van der Waals surface area contributed by atoms with Crippen molar-refractivity contribution in [2.24, 2.45) is 5.92 Å². The Morgan fingerprint density at radius 3 is 2.56 bits per heavy atom. The first kappa shape index (κ1) is 13.4. The number of carbonyl (C=O) groups is 1. The van der Waals surface area contributed by atoms with Crippen molar-refractivity contribution in [1.82, 2.24) is 0 Å². The van der Waals surface area contributed by atoms with E-state index in [2.05, 4.69) is 15.9 Å². The third-order valence-electron chi connectivity index (χ3n) is 2.58. The number of alkyl halides is 1. The van der Waals surface area contributed by atoms with E-state index >= 15 is 0 Å². The molecule has 0 saturated carbocycles. The van der Waals surface area contributed by atoms with Crippen LogP contribution in [0.2, 0.25) is 0 Å². The number of ketones is 1. The van der Waals surface area contributed by atoms with Crippen LogP contribution in [0, 0.1) is 18.7 Å². The van der Waals surface area contributed by atoms with E-state index in [0.717, 1.165) is 11.1 Å². The lowest BCUT2D eigenvalue weighted by Gasteiger charge is -2.13. The number of hydrogen-bond acceptors (Lipinski definition) is 1. The molecule has 0 spiro atoms. The molecule has 0 N–H and O–H groups in total. The third kappa shape index (κ3) is 3.41. The predicted molar refractivity (Wildman–Crippen MR) is 67.4 cm³/mol. The third-order valence-corrected chi connectivity index (χ3v) is 3.36. The van der Waals surface area contributed by atoms with Gasteiger partial charge < -0.3 is 0 Å². The van der Waals surface area contributed by atoms with Crippen LogP contribution in [0.1, 0.15) is 25.0 Å². The fourth-order valence-electron chi connectivity index (χ4n) is 1.54. The number of benzene rings is 1. The minimum atomic E-state index is -0.234. The van der Waals surface area contributed by atoms with Crippen molar-refractivity contribution in [3.8, 4) is 0 Å².